The maximum atomic E-state index is 9.15. The van der Waals surface area contributed by atoms with Crippen LogP contribution in [-0.2, 0) is 6.61 Å². The van der Waals surface area contributed by atoms with Crippen molar-refractivity contribution in [2.45, 2.75) is 32.3 Å². The van der Waals surface area contributed by atoms with E-state index >= 15 is 0 Å². The van der Waals surface area contributed by atoms with Crippen molar-refractivity contribution < 1.29 is 5.11 Å². The summed E-state index contributed by atoms with van der Waals surface area (Å²) in [5.41, 5.74) is 3.98. The van der Waals surface area contributed by atoms with E-state index in [0.29, 0.717) is 5.92 Å². The van der Waals surface area contributed by atoms with Gasteiger partial charge in [-0.25, -0.2) is 9.97 Å². The van der Waals surface area contributed by atoms with Crippen molar-refractivity contribution in [2.75, 3.05) is 20.1 Å². The first-order valence-corrected chi connectivity index (χ1v) is 7.90. The van der Waals surface area contributed by atoms with Crippen molar-refractivity contribution in [1.82, 2.24) is 14.9 Å². The number of hydrogen-bond acceptors (Lipinski definition) is 4. The fourth-order valence-electron chi connectivity index (χ4n) is 3.08. The summed E-state index contributed by atoms with van der Waals surface area (Å²) < 4.78 is 0. The predicted octanol–water partition coefficient (Wildman–Crippen LogP) is 2.75. The van der Waals surface area contributed by atoms with Crippen LogP contribution in [0.3, 0.4) is 0 Å². The normalized spacial score (nSPS) is 19.3. The summed E-state index contributed by atoms with van der Waals surface area (Å²) in [4.78, 5) is 11.8. The SMILES string of the molecule is Cc1cc(-c2ccc(CO)cc2)nc([C@H]2CCCN(C)C2)n1. The number of aliphatic hydroxyl groups excluding tert-OH is 1. The summed E-state index contributed by atoms with van der Waals surface area (Å²) in [5, 5.41) is 9.15. The quantitative estimate of drug-likeness (QED) is 0.946. The first-order chi connectivity index (χ1) is 10.7. The molecule has 0 saturated carbocycles. The lowest BCUT2D eigenvalue weighted by Gasteiger charge is -2.28. The highest BCUT2D eigenvalue weighted by atomic mass is 16.3. The second-order valence-corrected chi connectivity index (χ2v) is 6.21. The number of rotatable bonds is 3. The van der Waals surface area contributed by atoms with Crippen LogP contribution >= 0.6 is 0 Å². The molecule has 1 aliphatic rings. The molecule has 1 saturated heterocycles. The van der Waals surface area contributed by atoms with Crippen LogP contribution < -0.4 is 0 Å². The van der Waals surface area contributed by atoms with Gasteiger partial charge in [0.2, 0.25) is 0 Å². The van der Waals surface area contributed by atoms with Crippen molar-refractivity contribution >= 4 is 0 Å². The summed E-state index contributed by atoms with van der Waals surface area (Å²) >= 11 is 0. The Morgan fingerprint density at radius 3 is 2.68 bits per heavy atom. The first kappa shape index (κ1) is 15.1. The average molecular weight is 297 g/mol. The molecule has 0 amide bonds. The fourth-order valence-corrected chi connectivity index (χ4v) is 3.08. The lowest BCUT2D eigenvalue weighted by atomic mass is 9.97. The molecule has 2 heterocycles. The lowest BCUT2D eigenvalue weighted by molar-refractivity contribution is 0.246. The maximum absolute atomic E-state index is 9.15. The summed E-state index contributed by atoms with van der Waals surface area (Å²) in [6.45, 7) is 4.30. The molecule has 1 fully saturated rings. The molecule has 22 heavy (non-hydrogen) atoms. The van der Waals surface area contributed by atoms with Crippen LogP contribution in [-0.4, -0.2) is 40.1 Å². The molecule has 1 N–H and O–H groups in total. The van der Waals surface area contributed by atoms with E-state index in [0.717, 1.165) is 47.8 Å². The third kappa shape index (κ3) is 3.34. The zero-order valence-corrected chi connectivity index (χ0v) is 13.3. The average Bonchev–Trinajstić information content (AvgIpc) is 2.54. The molecule has 0 bridgehead atoms. The molecular weight excluding hydrogens is 274 g/mol. The monoisotopic (exact) mass is 297 g/mol. The molecule has 1 atom stereocenters. The van der Waals surface area contributed by atoms with Crippen LogP contribution in [0.5, 0.6) is 0 Å². The van der Waals surface area contributed by atoms with E-state index < -0.39 is 0 Å². The van der Waals surface area contributed by atoms with Crippen molar-refractivity contribution in [3.05, 3.63) is 47.4 Å². The number of piperidine rings is 1. The van der Waals surface area contributed by atoms with Gasteiger partial charge in [-0.1, -0.05) is 24.3 Å². The smallest absolute Gasteiger partial charge is 0.133 e. The van der Waals surface area contributed by atoms with Crippen molar-refractivity contribution in [1.29, 1.82) is 0 Å². The molecule has 4 heteroatoms. The molecule has 0 spiro atoms. The number of hydrogen-bond donors (Lipinski definition) is 1. The molecule has 1 aliphatic heterocycles. The van der Waals surface area contributed by atoms with Crippen molar-refractivity contribution in [2.24, 2.45) is 0 Å². The molecule has 0 unspecified atom stereocenters. The summed E-state index contributed by atoms with van der Waals surface area (Å²) in [6, 6.07) is 9.96. The van der Waals surface area contributed by atoms with E-state index in [1.807, 2.05) is 37.3 Å². The van der Waals surface area contributed by atoms with E-state index in [4.69, 9.17) is 10.1 Å². The summed E-state index contributed by atoms with van der Waals surface area (Å²) in [6.07, 6.45) is 2.37. The minimum atomic E-state index is 0.0722. The van der Waals surface area contributed by atoms with Gasteiger partial charge in [-0.3, -0.25) is 0 Å². The number of nitrogens with zero attached hydrogens (tertiary/aromatic N) is 3. The van der Waals surface area contributed by atoms with E-state index in [1.54, 1.807) is 0 Å². The Labute approximate surface area is 131 Å². The van der Waals surface area contributed by atoms with Crippen LogP contribution in [0, 0.1) is 6.92 Å². The number of likely N-dealkylation sites (N-methyl/N-ethyl adjacent to an activating group) is 1. The fraction of sp³-hybridized carbons (Fsp3) is 0.444. The molecule has 2 aromatic rings. The molecule has 4 nitrogen and oxygen atoms in total. The topological polar surface area (TPSA) is 49.3 Å². The van der Waals surface area contributed by atoms with Crippen LogP contribution in [0.25, 0.3) is 11.3 Å². The molecule has 0 aliphatic carbocycles. The van der Waals surface area contributed by atoms with Gasteiger partial charge in [0.05, 0.1) is 12.3 Å². The van der Waals surface area contributed by atoms with Crippen molar-refractivity contribution in [3.63, 3.8) is 0 Å². The Balaban J connectivity index is 1.91. The second kappa shape index (κ2) is 6.55. The Kier molecular flexibility index (Phi) is 4.50. The standard InChI is InChI=1S/C18H23N3O/c1-13-10-17(15-7-5-14(12-22)6-8-15)20-18(19-13)16-4-3-9-21(2)11-16/h5-8,10,16,22H,3-4,9,11-12H2,1-2H3/t16-/m0/s1. The Bertz CT molecular complexity index is 639. The van der Waals surface area contributed by atoms with Gasteiger partial charge in [0.1, 0.15) is 5.82 Å². The highest BCUT2D eigenvalue weighted by molar-refractivity contribution is 5.59. The zero-order valence-electron chi connectivity index (χ0n) is 13.3. The van der Waals surface area contributed by atoms with Crippen molar-refractivity contribution in [3.8, 4) is 11.3 Å². The number of aliphatic hydroxyl groups is 1. The van der Waals surface area contributed by atoms with Gasteiger partial charge in [-0.05, 0) is 45.0 Å². The predicted molar refractivity (Wildman–Crippen MR) is 87.6 cm³/mol. The lowest BCUT2D eigenvalue weighted by Crippen LogP contribution is -2.31. The zero-order chi connectivity index (χ0) is 15.5. The van der Waals surface area contributed by atoms with Crippen LogP contribution in [0.1, 0.15) is 35.8 Å². The highest BCUT2D eigenvalue weighted by Gasteiger charge is 2.22. The van der Waals surface area contributed by atoms with Gasteiger partial charge in [-0.2, -0.15) is 0 Å². The van der Waals surface area contributed by atoms with E-state index in [2.05, 4.69) is 16.9 Å². The highest BCUT2D eigenvalue weighted by Crippen LogP contribution is 2.26. The molecule has 1 aromatic carbocycles. The third-order valence-electron chi connectivity index (χ3n) is 4.29. The van der Waals surface area contributed by atoms with Gasteiger partial charge < -0.3 is 10.0 Å². The molecule has 3 rings (SSSR count). The Morgan fingerprint density at radius 2 is 2.00 bits per heavy atom. The molecule has 116 valence electrons. The molecule has 0 radical (unpaired) electrons. The van der Waals surface area contributed by atoms with E-state index in [1.165, 1.54) is 6.42 Å². The van der Waals surface area contributed by atoms with Crippen LogP contribution in [0.4, 0.5) is 0 Å². The van der Waals surface area contributed by atoms with Gasteiger partial charge in [0, 0.05) is 23.7 Å². The van der Waals surface area contributed by atoms with E-state index in [9.17, 15) is 0 Å². The van der Waals surface area contributed by atoms with E-state index in [-0.39, 0.29) is 6.61 Å². The Morgan fingerprint density at radius 1 is 1.23 bits per heavy atom. The molecule has 1 aromatic heterocycles. The van der Waals surface area contributed by atoms with Crippen LogP contribution in [0.2, 0.25) is 0 Å². The summed E-state index contributed by atoms with van der Waals surface area (Å²) in [7, 11) is 2.16. The first-order valence-electron chi connectivity index (χ1n) is 7.90. The molecular formula is C18H23N3O. The second-order valence-electron chi connectivity index (χ2n) is 6.21. The summed E-state index contributed by atoms with van der Waals surface area (Å²) in [5.74, 6) is 1.39. The number of aromatic nitrogens is 2. The number of benzene rings is 1. The number of aryl methyl sites for hydroxylation is 1. The largest absolute Gasteiger partial charge is 0.392 e. The van der Waals surface area contributed by atoms with Crippen LogP contribution in [0.15, 0.2) is 30.3 Å². The number of likely N-dealkylation sites (tertiary alicyclic amines) is 1. The Hall–Kier alpha value is -1.78. The minimum Gasteiger partial charge on any atom is -0.392 e. The maximum Gasteiger partial charge on any atom is 0.133 e. The van der Waals surface area contributed by atoms with Gasteiger partial charge >= 0.3 is 0 Å². The third-order valence-corrected chi connectivity index (χ3v) is 4.29. The van der Waals surface area contributed by atoms with Gasteiger partial charge in [-0.15, -0.1) is 0 Å². The van der Waals surface area contributed by atoms with Gasteiger partial charge in [0.15, 0.2) is 0 Å². The van der Waals surface area contributed by atoms with Gasteiger partial charge in [0.25, 0.3) is 0 Å². The minimum absolute atomic E-state index is 0.0722.